The van der Waals surface area contributed by atoms with Crippen molar-refractivity contribution in [1.29, 1.82) is 0 Å². The average molecular weight is 287 g/mol. The minimum absolute atomic E-state index is 0.156. The second-order valence-corrected chi connectivity index (χ2v) is 3.64. The molecule has 0 bridgehead atoms. The Morgan fingerprint density at radius 3 is 2.86 bits per heavy atom. The quantitative estimate of drug-likeness (QED) is 0.793. The molecule has 0 saturated carbocycles. The van der Waals surface area contributed by atoms with Gasteiger partial charge in [0.25, 0.3) is 6.43 Å². The second kappa shape index (κ2) is 5.46. The third kappa shape index (κ3) is 3.38. The van der Waals surface area contributed by atoms with Crippen molar-refractivity contribution in [3.8, 4) is 5.88 Å². The van der Waals surface area contributed by atoms with Crippen LogP contribution in [0.5, 0.6) is 5.88 Å². The minimum Gasteiger partial charge on any atom is -0.471 e. The molecule has 0 atom stereocenters. The maximum absolute atomic E-state index is 11.8. The summed E-state index contributed by atoms with van der Waals surface area (Å²) in [5.41, 5.74) is 0.585. The van der Waals surface area contributed by atoms with Crippen molar-refractivity contribution in [1.82, 2.24) is 4.98 Å². The van der Waals surface area contributed by atoms with E-state index >= 15 is 0 Å². The first-order valence-electron chi connectivity index (χ1n) is 3.75. The average Bonchev–Trinajstić information content (AvgIpc) is 2.15. The van der Waals surface area contributed by atoms with Crippen LogP contribution < -0.4 is 4.74 Å². The highest BCUT2D eigenvalue weighted by Crippen LogP contribution is 2.21. The lowest BCUT2D eigenvalue weighted by Gasteiger charge is -2.07. The molecule has 0 aromatic carbocycles. The predicted molar refractivity (Wildman–Crippen MR) is 53.0 cm³/mol. The number of hydrogen-bond acceptors (Lipinski definition) is 2. The van der Waals surface area contributed by atoms with Crippen LogP contribution in [-0.2, 0) is 5.88 Å². The molecule has 2 nitrogen and oxygen atoms in total. The summed E-state index contributed by atoms with van der Waals surface area (Å²) in [5.74, 6) is 0.328. The lowest BCUT2D eigenvalue weighted by atomic mass is 10.3. The molecule has 0 aliphatic carbocycles. The van der Waals surface area contributed by atoms with Gasteiger partial charge < -0.3 is 4.74 Å². The highest BCUT2D eigenvalue weighted by Gasteiger charge is 2.08. The van der Waals surface area contributed by atoms with Crippen LogP contribution in [0.2, 0.25) is 0 Å². The molecule has 0 unspecified atom stereocenters. The van der Waals surface area contributed by atoms with Crippen LogP contribution in [0.3, 0.4) is 0 Å². The number of aromatic nitrogens is 1. The van der Waals surface area contributed by atoms with Gasteiger partial charge in [-0.15, -0.1) is 11.6 Å². The number of ether oxygens (including phenoxy) is 1. The zero-order chi connectivity index (χ0) is 10.6. The molecule has 14 heavy (non-hydrogen) atoms. The van der Waals surface area contributed by atoms with Gasteiger partial charge >= 0.3 is 0 Å². The monoisotopic (exact) mass is 285 g/mol. The summed E-state index contributed by atoms with van der Waals surface area (Å²) in [6.45, 7) is -0.668. The van der Waals surface area contributed by atoms with E-state index in [0.717, 1.165) is 4.47 Å². The summed E-state index contributed by atoms with van der Waals surface area (Å²) < 4.78 is 29.2. The van der Waals surface area contributed by atoms with E-state index in [-0.39, 0.29) is 11.8 Å². The number of hydrogen-bond donors (Lipinski definition) is 0. The fourth-order valence-corrected chi connectivity index (χ4v) is 1.41. The molecule has 0 aliphatic rings. The summed E-state index contributed by atoms with van der Waals surface area (Å²) in [4.78, 5) is 3.83. The zero-order valence-electron chi connectivity index (χ0n) is 7.01. The Labute approximate surface area is 93.4 Å². The van der Waals surface area contributed by atoms with Gasteiger partial charge in [0, 0.05) is 16.2 Å². The molecule has 0 fully saturated rings. The number of halogens is 4. The lowest BCUT2D eigenvalue weighted by Crippen LogP contribution is -2.09. The van der Waals surface area contributed by atoms with Crippen molar-refractivity contribution in [3.63, 3.8) is 0 Å². The Bertz CT molecular complexity index is 311. The molecule has 78 valence electrons. The third-order valence-electron chi connectivity index (χ3n) is 1.38. The first-order chi connectivity index (χ1) is 6.63. The van der Waals surface area contributed by atoms with Gasteiger partial charge in [0.2, 0.25) is 5.88 Å². The summed E-state index contributed by atoms with van der Waals surface area (Å²) in [5, 5.41) is 0. The van der Waals surface area contributed by atoms with Gasteiger partial charge in [0.05, 0.1) is 5.88 Å². The molecule has 1 aromatic heterocycles. The molecule has 0 radical (unpaired) electrons. The Hall–Kier alpha value is -0.420. The van der Waals surface area contributed by atoms with E-state index in [1.165, 1.54) is 6.20 Å². The Morgan fingerprint density at radius 2 is 2.29 bits per heavy atom. The standard InChI is InChI=1S/C8H7BrClF2NO/c9-6-1-5(2-10)8(13-3-6)14-4-7(11)12/h1,3,7H,2,4H2. The molecule has 0 saturated heterocycles. The molecule has 0 N–H and O–H groups in total. The normalized spacial score (nSPS) is 10.6. The van der Waals surface area contributed by atoms with E-state index in [4.69, 9.17) is 16.3 Å². The zero-order valence-corrected chi connectivity index (χ0v) is 9.36. The second-order valence-electron chi connectivity index (χ2n) is 2.45. The van der Waals surface area contributed by atoms with E-state index in [2.05, 4.69) is 20.9 Å². The van der Waals surface area contributed by atoms with E-state index in [1.54, 1.807) is 6.07 Å². The molecule has 1 aromatic rings. The highest BCUT2D eigenvalue weighted by molar-refractivity contribution is 9.10. The maximum atomic E-state index is 11.8. The third-order valence-corrected chi connectivity index (χ3v) is 2.10. The Morgan fingerprint density at radius 1 is 1.57 bits per heavy atom. The molecule has 1 rings (SSSR count). The number of nitrogens with zero attached hydrogens (tertiary/aromatic N) is 1. The first kappa shape index (κ1) is 11.7. The molecule has 0 amide bonds. The smallest absolute Gasteiger partial charge is 0.272 e. The highest BCUT2D eigenvalue weighted by atomic mass is 79.9. The number of alkyl halides is 3. The van der Waals surface area contributed by atoms with Crippen molar-refractivity contribution in [3.05, 3.63) is 22.3 Å². The molecule has 6 heteroatoms. The van der Waals surface area contributed by atoms with Gasteiger partial charge in [-0.1, -0.05) is 0 Å². The van der Waals surface area contributed by atoms with E-state index < -0.39 is 13.0 Å². The summed E-state index contributed by atoms with van der Waals surface area (Å²) in [6.07, 6.45) is -1.04. The molecular formula is C8H7BrClF2NO. The van der Waals surface area contributed by atoms with Gasteiger partial charge in [0.1, 0.15) is 0 Å². The van der Waals surface area contributed by atoms with Crippen LogP contribution in [0.4, 0.5) is 8.78 Å². The van der Waals surface area contributed by atoms with Gasteiger partial charge in [-0.2, -0.15) is 0 Å². The van der Waals surface area contributed by atoms with Gasteiger partial charge in [-0.25, -0.2) is 13.8 Å². The first-order valence-corrected chi connectivity index (χ1v) is 5.07. The van der Waals surface area contributed by atoms with Crippen molar-refractivity contribution in [2.75, 3.05) is 6.61 Å². The molecular weight excluding hydrogens is 279 g/mol. The SMILES string of the molecule is FC(F)COc1ncc(Br)cc1CCl. The topological polar surface area (TPSA) is 22.1 Å². The Balaban J connectivity index is 2.75. The van der Waals surface area contributed by atoms with Gasteiger partial charge in [0.15, 0.2) is 6.61 Å². The van der Waals surface area contributed by atoms with Crippen molar-refractivity contribution in [2.24, 2.45) is 0 Å². The minimum atomic E-state index is -2.51. The van der Waals surface area contributed by atoms with Crippen molar-refractivity contribution < 1.29 is 13.5 Å². The Kier molecular flexibility index (Phi) is 4.54. The largest absolute Gasteiger partial charge is 0.471 e. The van der Waals surface area contributed by atoms with Crippen LogP contribution in [0.1, 0.15) is 5.56 Å². The van der Waals surface area contributed by atoms with Crippen molar-refractivity contribution >= 4 is 27.5 Å². The van der Waals surface area contributed by atoms with E-state index in [1.807, 2.05) is 0 Å². The summed E-state index contributed by atoms with van der Waals surface area (Å²) in [6, 6.07) is 1.68. The van der Waals surface area contributed by atoms with Crippen LogP contribution in [0, 0.1) is 0 Å². The van der Waals surface area contributed by atoms with Crippen LogP contribution in [0.15, 0.2) is 16.7 Å². The number of rotatable bonds is 4. The summed E-state index contributed by atoms with van der Waals surface area (Å²) >= 11 is 8.78. The fraction of sp³-hybridized carbons (Fsp3) is 0.375. The summed E-state index contributed by atoms with van der Waals surface area (Å²) in [7, 11) is 0. The maximum Gasteiger partial charge on any atom is 0.272 e. The van der Waals surface area contributed by atoms with Crippen LogP contribution >= 0.6 is 27.5 Å². The molecule has 1 heterocycles. The van der Waals surface area contributed by atoms with E-state index in [0.29, 0.717) is 5.56 Å². The van der Waals surface area contributed by atoms with Crippen LogP contribution in [0.25, 0.3) is 0 Å². The van der Waals surface area contributed by atoms with E-state index in [9.17, 15) is 8.78 Å². The van der Waals surface area contributed by atoms with Crippen molar-refractivity contribution in [2.45, 2.75) is 12.3 Å². The lowest BCUT2D eigenvalue weighted by molar-refractivity contribution is 0.0791. The fourth-order valence-electron chi connectivity index (χ4n) is 0.836. The predicted octanol–water partition coefficient (Wildman–Crippen LogP) is 3.23. The van der Waals surface area contributed by atoms with Gasteiger partial charge in [-0.3, -0.25) is 0 Å². The number of pyridine rings is 1. The molecule has 0 aliphatic heterocycles. The van der Waals surface area contributed by atoms with Gasteiger partial charge in [-0.05, 0) is 22.0 Å². The van der Waals surface area contributed by atoms with Crippen LogP contribution in [-0.4, -0.2) is 18.0 Å². The molecule has 0 spiro atoms.